The van der Waals surface area contributed by atoms with Crippen LogP contribution in [0.3, 0.4) is 0 Å². The highest BCUT2D eigenvalue weighted by atomic mass is 16.6. The van der Waals surface area contributed by atoms with Gasteiger partial charge in [0.15, 0.2) is 0 Å². The van der Waals surface area contributed by atoms with E-state index in [1.807, 2.05) is 31.2 Å². The molecule has 21 heavy (non-hydrogen) atoms. The van der Waals surface area contributed by atoms with Gasteiger partial charge in [-0.25, -0.2) is 0 Å². The summed E-state index contributed by atoms with van der Waals surface area (Å²) in [6, 6.07) is 12.9. The highest BCUT2D eigenvalue weighted by Gasteiger charge is 2.12. The molecule has 2 aromatic rings. The van der Waals surface area contributed by atoms with Crippen LogP contribution in [0.5, 0.6) is 5.75 Å². The van der Waals surface area contributed by atoms with E-state index < -0.39 is 0 Å². The fraction of sp³-hybridized carbons (Fsp3) is 0.250. The summed E-state index contributed by atoms with van der Waals surface area (Å²) in [6.07, 6.45) is 0. The van der Waals surface area contributed by atoms with Crippen LogP contribution in [0, 0.1) is 17.0 Å². The molecular weight excluding hydrogens is 268 g/mol. The molecule has 0 spiro atoms. The summed E-state index contributed by atoms with van der Waals surface area (Å²) >= 11 is 0. The number of nitro groups is 1. The van der Waals surface area contributed by atoms with Crippen molar-refractivity contribution >= 4 is 11.4 Å². The van der Waals surface area contributed by atoms with Crippen LogP contribution in [0.25, 0.3) is 0 Å². The smallest absolute Gasteiger partial charge is 0.272 e. The van der Waals surface area contributed by atoms with Gasteiger partial charge in [-0.3, -0.25) is 10.1 Å². The van der Waals surface area contributed by atoms with E-state index in [2.05, 4.69) is 5.32 Å². The highest BCUT2D eigenvalue weighted by Crippen LogP contribution is 2.26. The number of hydrogen-bond donors (Lipinski definition) is 1. The number of nitrogens with zero attached hydrogens (tertiary/aromatic N) is 1. The van der Waals surface area contributed by atoms with Crippen molar-refractivity contribution in [2.45, 2.75) is 19.9 Å². The lowest BCUT2D eigenvalue weighted by molar-refractivity contribution is -0.385. The zero-order valence-corrected chi connectivity index (χ0v) is 12.3. The largest absolute Gasteiger partial charge is 0.497 e. The van der Waals surface area contributed by atoms with Crippen molar-refractivity contribution in [3.05, 3.63) is 63.7 Å². The second-order valence-corrected chi connectivity index (χ2v) is 4.90. The predicted molar refractivity (Wildman–Crippen MR) is 82.9 cm³/mol. The monoisotopic (exact) mass is 286 g/mol. The lowest BCUT2D eigenvalue weighted by Crippen LogP contribution is -2.07. The van der Waals surface area contributed by atoms with Gasteiger partial charge in [0.2, 0.25) is 0 Å². The molecule has 5 heteroatoms. The molecule has 0 aromatic heterocycles. The van der Waals surface area contributed by atoms with Crippen LogP contribution >= 0.6 is 0 Å². The Bertz CT molecular complexity index is 656. The number of rotatable bonds is 5. The number of benzene rings is 2. The first kappa shape index (κ1) is 14.8. The van der Waals surface area contributed by atoms with Gasteiger partial charge in [0.25, 0.3) is 5.69 Å². The Morgan fingerprint density at radius 1 is 1.24 bits per heavy atom. The van der Waals surface area contributed by atoms with E-state index >= 15 is 0 Å². The number of anilines is 1. The Morgan fingerprint density at radius 2 is 2.00 bits per heavy atom. The maximum absolute atomic E-state index is 10.8. The van der Waals surface area contributed by atoms with Gasteiger partial charge in [0, 0.05) is 23.4 Å². The zero-order valence-electron chi connectivity index (χ0n) is 12.3. The van der Waals surface area contributed by atoms with Crippen LogP contribution in [0.2, 0.25) is 0 Å². The Labute approximate surface area is 123 Å². The topological polar surface area (TPSA) is 64.4 Å². The predicted octanol–water partition coefficient (Wildman–Crippen LogP) is 4.08. The van der Waals surface area contributed by atoms with Gasteiger partial charge < -0.3 is 10.1 Å². The summed E-state index contributed by atoms with van der Waals surface area (Å²) < 4.78 is 5.21. The molecule has 0 saturated heterocycles. The van der Waals surface area contributed by atoms with Crippen molar-refractivity contribution in [2.75, 3.05) is 12.4 Å². The summed E-state index contributed by atoms with van der Waals surface area (Å²) in [6.45, 7) is 3.77. The average Bonchev–Trinajstić information content (AvgIpc) is 2.47. The molecule has 110 valence electrons. The van der Waals surface area contributed by atoms with Crippen LogP contribution in [0.4, 0.5) is 11.4 Å². The van der Waals surface area contributed by atoms with Crippen LogP contribution in [0.15, 0.2) is 42.5 Å². The standard InChI is InChI=1S/C16H18N2O3/c1-11-9-14(7-8-16(11)18(19)20)17-12(2)13-5-4-6-15(10-13)21-3/h4-10,12,17H,1-3H3. The molecule has 0 bridgehead atoms. The number of nitrogens with one attached hydrogen (secondary N) is 1. The Balaban J connectivity index is 2.17. The van der Waals surface area contributed by atoms with Crippen molar-refractivity contribution in [2.24, 2.45) is 0 Å². The van der Waals surface area contributed by atoms with Gasteiger partial charge >= 0.3 is 0 Å². The van der Waals surface area contributed by atoms with Gasteiger partial charge in [-0.1, -0.05) is 12.1 Å². The first-order valence-electron chi connectivity index (χ1n) is 6.67. The first-order valence-corrected chi connectivity index (χ1v) is 6.67. The van der Waals surface area contributed by atoms with Gasteiger partial charge in [-0.05, 0) is 43.7 Å². The van der Waals surface area contributed by atoms with E-state index in [1.165, 1.54) is 6.07 Å². The second kappa shape index (κ2) is 6.26. The molecule has 0 saturated carbocycles. The molecule has 1 N–H and O–H groups in total. The molecule has 1 unspecified atom stereocenters. The molecule has 2 aromatic carbocycles. The Kier molecular flexibility index (Phi) is 4.42. The van der Waals surface area contributed by atoms with Crippen LogP contribution in [0.1, 0.15) is 24.1 Å². The third kappa shape index (κ3) is 3.51. The SMILES string of the molecule is COc1cccc(C(C)Nc2ccc([N+](=O)[O-])c(C)c2)c1. The molecule has 5 nitrogen and oxygen atoms in total. The number of ether oxygens (including phenoxy) is 1. The van der Waals surface area contributed by atoms with Gasteiger partial charge in [0.05, 0.1) is 12.0 Å². The van der Waals surface area contributed by atoms with Crippen molar-refractivity contribution in [1.82, 2.24) is 0 Å². The summed E-state index contributed by atoms with van der Waals surface area (Å²) in [5.74, 6) is 0.807. The highest BCUT2D eigenvalue weighted by molar-refractivity contribution is 5.54. The van der Waals surface area contributed by atoms with Crippen LogP contribution in [-0.4, -0.2) is 12.0 Å². The third-order valence-electron chi connectivity index (χ3n) is 3.37. The molecule has 0 radical (unpaired) electrons. The normalized spacial score (nSPS) is 11.8. The van der Waals surface area contributed by atoms with Crippen molar-refractivity contribution in [1.29, 1.82) is 0 Å². The van der Waals surface area contributed by atoms with Gasteiger partial charge in [0.1, 0.15) is 5.75 Å². The Hall–Kier alpha value is -2.56. The minimum Gasteiger partial charge on any atom is -0.497 e. The number of hydrogen-bond acceptors (Lipinski definition) is 4. The number of nitro benzene ring substituents is 1. The maximum Gasteiger partial charge on any atom is 0.272 e. The van der Waals surface area contributed by atoms with E-state index in [1.54, 1.807) is 26.2 Å². The molecule has 0 aliphatic carbocycles. The fourth-order valence-electron chi connectivity index (χ4n) is 2.19. The van der Waals surface area contributed by atoms with Crippen molar-refractivity contribution in [3.8, 4) is 5.75 Å². The third-order valence-corrected chi connectivity index (χ3v) is 3.37. The van der Waals surface area contributed by atoms with Crippen molar-refractivity contribution < 1.29 is 9.66 Å². The van der Waals surface area contributed by atoms with E-state index in [-0.39, 0.29) is 16.7 Å². The van der Waals surface area contributed by atoms with E-state index in [9.17, 15) is 10.1 Å². The summed E-state index contributed by atoms with van der Waals surface area (Å²) in [4.78, 5) is 10.4. The lowest BCUT2D eigenvalue weighted by atomic mass is 10.1. The molecular formula is C16H18N2O3. The molecule has 0 heterocycles. The Morgan fingerprint density at radius 3 is 2.62 bits per heavy atom. The number of aryl methyl sites for hydroxylation is 1. The summed E-state index contributed by atoms with van der Waals surface area (Å²) in [7, 11) is 1.64. The number of methoxy groups -OCH3 is 1. The average molecular weight is 286 g/mol. The van der Waals surface area contributed by atoms with Crippen LogP contribution in [-0.2, 0) is 0 Å². The molecule has 0 aliphatic heterocycles. The quantitative estimate of drug-likeness (QED) is 0.664. The molecule has 0 fully saturated rings. The fourth-order valence-corrected chi connectivity index (χ4v) is 2.19. The lowest BCUT2D eigenvalue weighted by Gasteiger charge is -2.16. The maximum atomic E-state index is 10.8. The minimum atomic E-state index is -0.370. The van der Waals surface area contributed by atoms with Gasteiger partial charge in [-0.2, -0.15) is 0 Å². The molecule has 1 atom stereocenters. The summed E-state index contributed by atoms with van der Waals surface area (Å²) in [5.41, 5.74) is 2.72. The van der Waals surface area contributed by atoms with E-state index in [0.717, 1.165) is 17.0 Å². The zero-order chi connectivity index (χ0) is 15.4. The second-order valence-electron chi connectivity index (χ2n) is 4.90. The first-order chi connectivity index (χ1) is 10.0. The van der Waals surface area contributed by atoms with Crippen LogP contribution < -0.4 is 10.1 Å². The van der Waals surface area contributed by atoms with Gasteiger partial charge in [-0.15, -0.1) is 0 Å². The van der Waals surface area contributed by atoms with E-state index in [0.29, 0.717) is 5.56 Å². The molecule has 0 amide bonds. The minimum absolute atomic E-state index is 0.0703. The van der Waals surface area contributed by atoms with Crippen molar-refractivity contribution in [3.63, 3.8) is 0 Å². The summed E-state index contributed by atoms with van der Waals surface area (Å²) in [5, 5.41) is 14.2. The molecule has 2 rings (SSSR count). The van der Waals surface area contributed by atoms with E-state index in [4.69, 9.17) is 4.74 Å². The molecule has 0 aliphatic rings.